The predicted octanol–water partition coefficient (Wildman–Crippen LogP) is 2.61. The van der Waals surface area contributed by atoms with Gasteiger partial charge in [-0.1, -0.05) is 34.1 Å². The summed E-state index contributed by atoms with van der Waals surface area (Å²) in [6.45, 7) is 1.55. The minimum Gasteiger partial charge on any atom is -0.468 e. The number of carbonyl (C=O) groups is 1. The molecule has 0 spiro atoms. The average molecular weight is 261 g/mol. The average Bonchev–Trinajstić information content (AvgIpc) is 2.17. The molecule has 0 fully saturated rings. The van der Waals surface area contributed by atoms with Crippen LogP contribution in [0.15, 0.2) is 24.3 Å². The summed E-state index contributed by atoms with van der Waals surface area (Å²) in [6.07, 6.45) is 0. The van der Waals surface area contributed by atoms with Gasteiger partial charge in [0.1, 0.15) is 10.1 Å². The lowest BCUT2D eigenvalue weighted by Gasteiger charge is -2.20. The van der Waals surface area contributed by atoms with Gasteiger partial charge in [-0.2, -0.15) is 0 Å². The first kappa shape index (κ1) is 11.2. The summed E-state index contributed by atoms with van der Waals surface area (Å²) in [7, 11) is 1.27. The molecule has 0 N–H and O–H groups in total. The van der Waals surface area contributed by atoms with Crippen molar-refractivity contribution in [3.8, 4) is 0 Å². The Labute approximate surface area is 90.2 Å². The van der Waals surface area contributed by atoms with Crippen LogP contribution in [-0.4, -0.2) is 13.1 Å². The van der Waals surface area contributed by atoms with Crippen molar-refractivity contribution in [2.24, 2.45) is 0 Å². The molecule has 0 aromatic heterocycles. The van der Waals surface area contributed by atoms with Crippen LogP contribution in [0.2, 0.25) is 0 Å². The quantitative estimate of drug-likeness (QED) is 0.604. The zero-order valence-electron chi connectivity index (χ0n) is 7.88. The number of esters is 1. The van der Waals surface area contributed by atoms with Crippen molar-refractivity contribution in [1.29, 1.82) is 0 Å². The highest BCUT2D eigenvalue weighted by Gasteiger charge is 2.35. The molecular formula is C10H10BrFO2. The van der Waals surface area contributed by atoms with Gasteiger partial charge in [-0.3, -0.25) is 4.79 Å². The van der Waals surface area contributed by atoms with Crippen LogP contribution in [0.1, 0.15) is 12.5 Å². The van der Waals surface area contributed by atoms with E-state index in [0.717, 1.165) is 0 Å². The lowest BCUT2D eigenvalue weighted by molar-refractivity contribution is -0.143. The normalized spacial score (nSPS) is 14.6. The molecule has 0 aliphatic rings. The van der Waals surface area contributed by atoms with E-state index in [2.05, 4.69) is 20.7 Å². The predicted molar refractivity (Wildman–Crippen MR) is 54.7 cm³/mol. The Kier molecular flexibility index (Phi) is 3.26. The topological polar surface area (TPSA) is 26.3 Å². The Morgan fingerprint density at radius 2 is 2.07 bits per heavy atom. The lowest BCUT2D eigenvalue weighted by Crippen LogP contribution is -2.28. The first-order valence-electron chi connectivity index (χ1n) is 4.02. The van der Waals surface area contributed by atoms with Gasteiger partial charge in [0.2, 0.25) is 0 Å². The number of carbonyl (C=O) groups excluding carboxylic acids is 1. The number of ether oxygens (including phenoxy) is 1. The van der Waals surface area contributed by atoms with Crippen LogP contribution in [0, 0.1) is 5.82 Å². The molecule has 0 heterocycles. The van der Waals surface area contributed by atoms with E-state index in [1.807, 2.05) is 0 Å². The first-order valence-corrected chi connectivity index (χ1v) is 4.81. The summed E-state index contributed by atoms with van der Waals surface area (Å²) in [5.74, 6) is -0.958. The molecule has 0 aliphatic heterocycles. The highest BCUT2D eigenvalue weighted by atomic mass is 79.9. The second-order valence-corrected chi connectivity index (χ2v) is 4.56. The summed E-state index contributed by atoms with van der Waals surface area (Å²) in [6, 6.07) is 6.08. The molecule has 0 bridgehead atoms. The number of hydrogen-bond donors (Lipinski definition) is 0. The smallest absolute Gasteiger partial charge is 0.326 e. The minimum atomic E-state index is -1.13. The molecule has 0 aliphatic carbocycles. The van der Waals surface area contributed by atoms with Gasteiger partial charge in [0, 0.05) is 5.56 Å². The van der Waals surface area contributed by atoms with Gasteiger partial charge in [0.05, 0.1) is 7.11 Å². The van der Waals surface area contributed by atoms with Gasteiger partial charge in [-0.25, -0.2) is 4.39 Å². The van der Waals surface area contributed by atoms with Gasteiger partial charge >= 0.3 is 5.97 Å². The van der Waals surface area contributed by atoms with Crippen molar-refractivity contribution in [3.05, 3.63) is 35.6 Å². The van der Waals surface area contributed by atoms with Crippen LogP contribution in [0.3, 0.4) is 0 Å². The molecule has 76 valence electrons. The Morgan fingerprint density at radius 3 is 2.57 bits per heavy atom. The van der Waals surface area contributed by atoms with Gasteiger partial charge in [-0.15, -0.1) is 0 Å². The standard InChI is InChI=1S/C10H10BrFO2/c1-10(11,9(13)14-2)7-5-3-4-6-8(7)12/h3-6H,1-2H3. The van der Waals surface area contributed by atoms with Crippen molar-refractivity contribution in [2.45, 2.75) is 11.2 Å². The SMILES string of the molecule is COC(=O)C(C)(Br)c1ccccc1F. The Morgan fingerprint density at radius 1 is 1.50 bits per heavy atom. The molecule has 4 heteroatoms. The molecule has 0 saturated heterocycles. The number of alkyl halides is 1. The van der Waals surface area contributed by atoms with Crippen LogP contribution in [-0.2, 0) is 13.9 Å². The van der Waals surface area contributed by atoms with Crippen molar-refractivity contribution in [3.63, 3.8) is 0 Å². The maximum atomic E-state index is 13.3. The molecule has 0 radical (unpaired) electrons. The molecule has 0 saturated carbocycles. The number of hydrogen-bond acceptors (Lipinski definition) is 2. The minimum absolute atomic E-state index is 0.270. The van der Waals surface area contributed by atoms with Crippen molar-refractivity contribution < 1.29 is 13.9 Å². The molecule has 1 aromatic rings. The monoisotopic (exact) mass is 260 g/mol. The third-order valence-electron chi connectivity index (χ3n) is 1.95. The summed E-state index contributed by atoms with van der Waals surface area (Å²) in [5, 5.41) is 0. The van der Waals surface area contributed by atoms with E-state index in [0.29, 0.717) is 0 Å². The fourth-order valence-corrected chi connectivity index (χ4v) is 1.63. The van der Waals surface area contributed by atoms with Crippen LogP contribution in [0.5, 0.6) is 0 Å². The maximum absolute atomic E-state index is 13.3. The van der Waals surface area contributed by atoms with E-state index in [-0.39, 0.29) is 5.56 Å². The summed E-state index contributed by atoms with van der Waals surface area (Å²) in [5.41, 5.74) is 0.270. The molecule has 0 amide bonds. The lowest BCUT2D eigenvalue weighted by atomic mass is 10.0. The highest BCUT2D eigenvalue weighted by Crippen LogP contribution is 2.33. The van der Waals surface area contributed by atoms with Gasteiger partial charge in [0.25, 0.3) is 0 Å². The largest absolute Gasteiger partial charge is 0.468 e. The van der Waals surface area contributed by atoms with E-state index in [1.165, 1.54) is 13.2 Å². The van der Waals surface area contributed by atoms with Gasteiger partial charge in [-0.05, 0) is 13.0 Å². The Bertz CT molecular complexity index is 350. The van der Waals surface area contributed by atoms with Crippen molar-refractivity contribution in [1.82, 2.24) is 0 Å². The number of methoxy groups -OCH3 is 1. The molecule has 1 atom stereocenters. The van der Waals surface area contributed by atoms with E-state index in [4.69, 9.17) is 0 Å². The second kappa shape index (κ2) is 4.09. The fraction of sp³-hybridized carbons (Fsp3) is 0.300. The molecule has 1 aromatic carbocycles. The number of halogens is 2. The summed E-state index contributed by atoms with van der Waals surface area (Å²) >= 11 is 3.15. The molecule has 1 unspecified atom stereocenters. The number of rotatable bonds is 2. The van der Waals surface area contributed by atoms with Crippen molar-refractivity contribution in [2.75, 3.05) is 7.11 Å². The zero-order chi connectivity index (χ0) is 10.8. The van der Waals surface area contributed by atoms with Crippen molar-refractivity contribution >= 4 is 21.9 Å². The van der Waals surface area contributed by atoms with Gasteiger partial charge < -0.3 is 4.74 Å². The first-order chi connectivity index (χ1) is 6.50. The van der Waals surface area contributed by atoms with Gasteiger partial charge in [0.15, 0.2) is 0 Å². The van der Waals surface area contributed by atoms with Crippen LogP contribution >= 0.6 is 15.9 Å². The highest BCUT2D eigenvalue weighted by molar-refractivity contribution is 9.10. The Balaban J connectivity index is 3.16. The molecule has 14 heavy (non-hydrogen) atoms. The molecule has 1 rings (SSSR count). The third-order valence-corrected chi connectivity index (χ3v) is 2.70. The second-order valence-electron chi connectivity index (χ2n) is 2.97. The van der Waals surface area contributed by atoms with E-state index in [1.54, 1.807) is 25.1 Å². The van der Waals surface area contributed by atoms with Crippen LogP contribution < -0.4 is 0 Å². The van der Waals surface area contributed by atoms with Crippen LogP contribution in [0.4, 0.5) is 4.39 Å². The fourth-order valence-electron chi connectivity index (χ4n) is 1.14. The molecule has 2 nitrogen and oxygen atoms in total. The third kappa shape index (κ3) is 1.95. The zero-order valence-corrected chi connectivity index (χ0v) is 9.47. The van der Waals surface area contributed by atoms with E-state index < -0.39 is 16.1 Å². The van der Waals surface area contributed by atoms with Crippen LogP contribution in [0.25, 0.3) is 0 Å². The molecular weight excluding hydrogens is 251 g/mol. The Hall–Kier alpha value is -0.900. The maximum Gasteiger partial charge on any atom is 0.326 e. The number of benzene rings is 1. The summed E-state index contributed by atoms with van der Waals surface area (Å²) < 4.78 is 16.8. The van der Waals surface area contributed by atoms with E-state index >= 15 is 0 Å². The summed E-state index contributed by atoms with van der Waals surface area (Å²) in [4.78, 5) is 11.4. The van der Waals surface area contributed by atoms with E-state index in [9.17, 15) is 9.18 Å².